The van der Waals surface area contributed by atoms with E-state index >= 15 is 0 Å². The molecule has 0 spiro atoms. The minimum atomic E-state index is -2.16. The maximum Gasteiger partial charge on any atom is 0.341 e. The van der Waals surface area contributed by atoms with Crippen molar-refractivity contribution in [2.24, 2.45) is 0 Å². The fourth-order valence-corrected chi connectivity index (χ4v) is 0.729. The van der Waals surface area contributed by atoms with Crippen molar-refractivity contribution in [2.45, 2.75) is 3.79 Å². The van der Waals surface area contributed by atoms with Gasteiger partial charge in [0.15, 0.2) is 0 Å². The number of hydrogen-bond donors (Lipinski definition) is 1. The molecule has 0 atom stereocenters. The lowest BCUT2D eigenvalue weighted by atomic mass is 10.2. The van der Waals surface area contributed by atoms with E-state index in [4.69, 9.17) is 34.8 Å². The van der Waals surface area contributed by atoms with Crippen molar-refractivity contribution >= 4 is 46.6 Å². The molecule has 0 rings (SSSR count). The van der Waals surface area contributed by atoms with E-state index in [0.29, 0.717) is 0 Å². The second kappa shape index (κ2) is 7.93. The Morgan fingerprint density at radius 2 is 1.60 bits per heavy atom. The van der Waals surface area contributed by atoms with Gasteiger partial charge in [-0.1, -0.05) is 41.4 Å². The van der Waals surface area contributed by atoms with Crippen molar-refractivity contribution in [3.8, 4) is 0 Å². The summed E-state index contributed by atoms with van der Waals surface area (Å²) in [5.41, 5.74) is -0.488. The molecule has 0 bridgehead atoms. The lowest BCUT2D eigenvalue weighted by Gasteiger charge is -2.09. The van der Waals surface area contributed by atoms with Gasteiger partial charge in [-0.2, -0.15) is 0 Å². The van der Waals surface area contributed by atoms with Gasteiger partial charge in [0.2, 0.25) is 5.78 Å². The standard InChI is InChI=1S/C6H5Cl3O3.C2H7N/c1-3(5(11)12-2)4(10)6(7,8)9;1-3-2/h1H2,2H3;3H,1-2H3. The fraction of sp³-hybridized carbons (Fsp3) is 0.500. The molecular formula is C8H12Cl3NO3. The number of rotatable bonds is 2. The van der Waals surface area contributed by atoms with Crippen LogP contribution in [0.25, 0.3) is 0 Å². The fourth-order valence-electron chi connectivity index (χ4n) is 0.387. The number of alkyl halides is 3. The van der Waals surface area contributed by atoms with Crippen LogP contribution in [-0.2, 0) is 14.3 Å². The molecule has 0 aromatic carbocycles. The molecule has 0 aliphatic heterocycles. The maximum absolute atomic E-state index is 11.0. The van der Waals surface area contributed by atoms with Crippen LogP contribution in [0, 0.1) is 0 Å². The Morgan fingerprint density at radius 1 is 1.27 bits per heavy atom. The molecule has 0 amide bonds. The van der Waals surface area contributed by atoms with Crippen LogP contribution in [0.3, 0.4) is 0 Å². The predicted octanol–water partition coefficient (Wildman–Crippen LogP) is 1.49. The number of carbonyl (C=O) groups is 2. The van der Waals surface area contributed by atoms with E-state index in [0.717, 1.165) is 7.11 Å². The Bertz CT molecular complexity index is 248. The Labute approximate surface area is 104 Å². The largest absolute Gasteiger partial charge is 0.465 e. The summed E-state index contributed by atoms with van der Waals surface area (Å²) < 4.78 is 2.03. The molecule has 0 heterocycles. The molecule has 15 heavy (non-hydrogen) atoms. The van der Waals surface area contributed by atoms with Crippen LogP contribution in [-0.4, -0.2) is 36.8 Å². The van der Waals surface area contributed by atoms with E-state index in [1.807, 2.05) is 14.1 Å². The Balaban J connectivity index is 0. The molecule has 4 nitrogen and oxygen atoms in total. The molecule has 0 aromatic rings. The van der Waals surface area contributed by atoms with Gasteiger partial charge in [-0.05, 0) is 14.1 Å². The first-order valence-corrected chi connectivity index (χ1v) is 4.83. The molecule has 0 aromatic heterocycles. The summed E-state index contributed by atoms with van der Waals surface area (Å²) >= 11 is 15.6. The van der Waals surface area contributed by atoms with Gasteiger partial charge < -0.3 is 10.1 Å². The number of carbonyl (C=O) groups excluding carboxylic acids is 2. The van der Waals surface area contributed by atoms with E-state index < -0.39 is 21.1 Å². The summed E-state index contributed by atoms with van der Waals surface area (Å²) in [6, 6.07) is 0. The van der Waals surface area contributed by atoms with Crippen molar-refractivity contribution in [3.05, 3.63) is 12.2 Å². The topological polar surface area (TPSA) is 55.4 Å². The highest BCUT2D eigenvalue weighted by molar-refractivity contribution is 6.78. The van der Waals surface area contributed by atoms with E-state index in [2.05, 4.69) is 16.6 Å². The van der Waals surface area contributed by atoms with Gasteiger partial charge in [-0.3, -0.25) is 4.79 Å². The number of methoxy groups -OCH3 is 1. The number of Topliss-reactive ketones (excluding diaryl/α,β-unsaturated/α-hetero) is 1. The average Bonchev–Trinajstić information content (AvgIpc) is 2.14. The predicted molar refractivity (Wildman–Crippen MR) is 61.4 cm³/mol. The number of halogens is 3. The van der Waals surface area contributed by atoms with Gasteiger partial charge in [0.1, 0.15) is 5.57 Å². The van der Waals surface area contributed by atoms with Gasteiger partial charge >= 0.3 is 5.97 Å². The van der Waals surface area contributed by atoms with Crippen molar-refractivity contribution in [2.75, 3.05) is 21.2 Å². The highest BCUT2D eigenvalue weighted by Crippen LogP contribution is 2.29. The summed E-state index contributed by atoms with van der Waals surface area (Å²) in [5, 5.41) is 2.75. The first kappa shape index (κ1) is 17.1. The molecule has 7 heteroatoms. The minimum Gasteiger partial charge on any atom is -0.465 e. The number of ether oxygens (including phenoxy) is 1. The van der Waals surface area contributed by atoms with E-state index in [-0.39, 0.29) is 0 Å². The van der Waals surface area contributed by atoms with Gasteiger partial charge in [-0.25, -0.2) is 4.79 Å². The van der Waals surface area contributed by atoms with E-state index in [9.17, 15) is 9.59 Å². The van der Waals surface area contributed by atoms with Crippen molar-refractivity contribution in [3.63, 3.8) is 0 Å². The zero-order chi connectivity index (χ0) is 12.6. The molecule has 0 aliphatic rings. The molecule has 0 unspecified atom stereocenters. The van der Waals surface area contributed by atoms with Crippen LogP contribution in [0.5, 0.6) is 0 Å². The van der Waals surface area contributed by atoms with Crippen molar-refractivity contribution in [1.29, 1.82) is 0 Å². The summed E-state index contributed by atoms with van der Waals surface area (Å²) in [4.78, 5) is 21.7. The molecule has 88 valence electrons. The van der Waals surface area contributed by atoms with E-state index in [1.54, 1.807) is 0 Å². The van der Waals surface area contributed by atoms with Gasteiger partial charge in [0, 0.05) is 0 Å². The lowest BCUT2D eigenvalue weighted by molar-refractivity contribution is -0.137. The Hall–Kier alpha value is -0.290. The highest BCUT2D eigenvalue weighted by atomic mass is 35.6. The summed E-state index contributed by atoms with van der Waals surface area (Å²) in [6.45, 7) is 3.11. The van der Waals surface area contributed by atoms with Crippen LogP contribution >= 0.6 is 34.8 Å². The van der Waals surface area contributed by atoms with Crippen LogP contribution in [0.4, 0.5) is 0 Å². The summed E-state index contributed by atoms with van der Waals surface area (Å²) in [6.07, 6.45) is 0. The maximum atomic E-state index is 11.0. The molecule has 0 fully saturated rings. The number of hydrogen-bond acceptors (Lipinski definition) is 4. The third kappa shape index (κ3) is 7.62. The Morgan fingerprint density at radius 3 is 1.80 bits per heavy atom. The Kier molecular flexibility index (Phi) is 9.05. The monoisotopic (exact) mass is 275 g/mol. The molecule has 1 N–H and O–H groups in total. The second-order valence-corrected chi connectivity index (χ2v) is 4.58. The molecule has 0 saturated heterocycles. The SMILES string of the molecule is C=C(C(=O)OC)C(=O)C(Cl)(Cl)Cl.CNC. The zero-order valence-electron chi connectivity index (χ0n) is 8.57. The first-order chi connectivity index (χ1) is 6.72. The van der Waals surface area contributed by atoms with Crippen LogP contribution < -0.4 is 5.32 Å². The van der Waals surface area contributed by atoms with Crippen LogP contribution in [0.2, 0.25) is 0 Å². The average molecular weight is 277 g/mol. The molecule has 0 saturated carbocycles. The van der Waals surface area contributed by atoms with Crippen LogP contribution in [0.15, 0.2) is 12.2 Å². The van der Waals surface area contributed by atoms with Crippen molar-refractivity contribution < 1.29 is 14.3 Å². The van der Waals surface area contributed by atoms with Crippen molar-refractivity contribution in [1.82, 2.24) is 5.32 Å². The quantitative estimate of drug-likeness (QED) is 0.273. The molecular weight excluding hydrogens is 264 g/mol. The smallest absolute Gasteiger partial charge is 0.341 e. The highest BCUT2D eigenvalue weighted by Gasteiger charge is 2.35. The first-order valence-electron chi connectivity index (χ1n) is 3.69. The van der Waals surface area contributed by atoms with Gasteiger partial charge in [0.25, 0.3) is 3.79 Å². The number of esters is 1. The second-order valence-electron chi connectivity index (χ2n) is 2.30. The third-order valence-electron chi connectivity index (χ3n) is 0.963. The van der Waals surface area contributed by atoms with Gasteiger partial charge in [-0.15, -0.1) is 0 Å². The lowest BCUT2D eigenvalue weighted by Crippen LogP contribution is -2.25. The molecule has 0 aliphatic carbocycles. The van der Waals surface area contributed by atoms with E-state index in [1.165, 1.54) is 0 Å². The third-order valence-corrected chi connectivity index (χ3v) is 1.48. The van der Waals surface area contributed by atoms with Gasteiger partial charge in [0.05, 0.1) is 7.11 Å². The minimum absolute atomic E-state index is 0.488. The normalized spacial score (nSPS) is 9.73. The summed E-state index contributed by atoms with van der Waals surface area (Å²) in [5.74, 6) is -1.90. The number of nitrogens with one attached hydrogen (secondary N) is 1. The zero-order valence-corrected chi connectivity index (χ0v) is 10.8. The van der Waals surface area contributed by atoms with Crippen LogP contribution in [0.1, 0.15) is 0 Å². The summed E-state index contributed by atoms with van der Waals surface area (Å²) in [7, 11) is 4.85. The number of ketones is 1. The molecule has 0 radical (unpaired) electrons.